The fourth-order valence-corrected chi connectivity index (χ4v) is 3.55. The van der Waals surface area contributed by atoms with E-state index >= 15 is 0 Å². The summed E-state index contributed by atoms with van der Waals surface area (Å²) in [7, 11) is 0. The number of rotatable bonds is 3. The van der Waals surface area contributed by atoms with Gasteiger partial charge in [0.2, 0.25) is 0 Å². The van der Waals surface area contributed by atoms with Gasteiger partial charge in [-0.2, -0.15) is 0 Å². The number of benzene rings is 2. The first-order valence-corrected chi connectivity index (χ1v) is 7.31. The minimum absolute atomic E-state index is 0.272. The van der Waals surface area contributed by atoms with Gasteiger partial charge in [-0.25, -0.2) is 14.2 Å². The molecule has 1 unspecified atom stereocenters. The van der Waals surface area contributed by atoms with E-state index in [-0.39, 0.29) is 17.7 Å². The number of hydrazine groups is 1. The van der Waals surface area contributed by atoms with Crippen LogP contribution >= 0.6 is 11.3 Å². The predicted molar refractivity (Wildman–Crippen MR) is 82.1 cm³/mol. The molecule has 0 bridgehead atoms. The monoisotopic (exact) mass is 304 g/mol. The molecular formula is C16H14F2N2S. The number of thiophene rings is 1. The number of hydrogen-bond donors (Lipinski definition) is 2. The van der Waals surface area contributed by atoms with Gasteiger partial charge < -0.3 is 0 Å². The van der Waals surface area contributed by atoms with E-state index in [4.69, 9.17) is 5.84 Å². The molecule has 0 amide bonds. The molecule has 0 saturated carbocycles. The Balaban J connectivity index is 2.11. The Kier molecular flexibility index (Phi) is 3.71. The van der Waals surface area contributed by atoms with Gasteiger partial charge in [0.1, 0.15) is 11.6 Å². The minimum atomic E-state index is -0.318. The van der Waals surface area contributed by atoms with Crippen LogP contribution in [0.2, 0.25) is 0 Å². The Morgan fingerprint density at radius 2 is 1.76 bits per heavy atom. The van der Waals surface area contributed by atoms with E-state index in [1.54, 1.807) is 12.1 Å². The van der Waals surface area contributed by atoms with Crippen LogP contribution in [0.4, 0.5) is 8.78 Å². The maximum Gasteiger partial charge on any atom is 0.123 e. The third-order valence-corrected chi connectivity index (χ3v) is 4.68. The van der Waals surface area contributed by atoms with Gasteiger partial charge in [-0.05, 0) is 59.8 Å². The lowest BCUT2D eigenvalue weighted by molar-refractivity contribution is 0.606. The van der Waals surface area contributed by atoms with Crippen molar-refractivity contribution in [3.05, 3.63) is 70.1 Å². The Labute approximate surface area is 125 Å². The van der Waals surface area contributed by atoms with E-state index < -0.39 is 0 Å². The maximum absolute atomic E-state index is 13.5. The molecule has 0 fully saturated rings. The topological polar surface area (TPSA) is 38.0 Å². The van der Waals surface area contributed by atoms with E-state index in [0.717, 1.165) is 26.1 Å². The summed E-state index contributed by atoms with van der Waals surface area (Å²) in [6, 6.07) is 10.9. The molecule has 0 radical (unpaired) electrons. The van der Waals surface area contributed by atoms with Gasteiger partial charge in [0.05, 0.1) is 6.04 Å². The number of nitrogens with two attached hydrogens (primary N) is 1. The molecule has 2 aromatic carbocycles. The number of hydrogen-bond acceptors (Lipinski definition) is 3. The first-order valence-electron chi connectivity index (χ1n) is 6.49. The van der Waals surface area contributed by atoms with E-state index in [1.165, 1.54) is 35.6 Å². The normalized spacial score (nSPS) is 12.8. The second kappa shape index (κ2) is 5.52. The summed E-state index contributed by atoms with van der Waals surface area (Å²) in [6.07, 6.45) is 0. The van der Waals surface area contributed by atoms with Gasteiger partial charge in [-0.3, -0.25) is 5.84 Å². The lowest BCUT2D eigenvalue weighted by Crippen LogP contribution is -2.28. The first-order chi connectivity index (χ1) is 10.1. The van der Waals surface area contributed by atoms with Gasteiger partial charge in [0, 0.05) is 9.58 Å². The zero-order valence-electron chi connectivity index (χ0n) is 11.4. The van der Waals surface area contributed by atoms with Crippen LogP contribution in [0.3, 0.4) is 0 Å². The van der Waals surface area contributed by atoms with Crippen LogP contribution in [0.25, 0.3) is 10.1 Å². The van der Waals surface area contributed by atoms with Gasteiger partial charge >= 0.3 is 0 Å². The molecule has 21 heavy (non-hydrogen) atoms. The molecule has 3 rings (SSSR count). The van der Waals surface area contributed by atoms with Gasteiger partial charge in [0.15, 0.2) is 0 Å². The van der Waals surface area contributed by atoms with Crippen LogP contribution in [0.1, 0.15) is 22.0 Å². The van der Waals surface area contributed by atoms with E-state index in [9.17, 15) is 8.78 Å². The highest BCUT2D eigenvalue weighted by molar-refractivity contribution is 7.19. The molecule has 0 aliphatic heterocycles. The van der Waals surface area contributed by atoms with Crippen LogP contribution in [-0.4, -0.2) is 0 Å². The molecule has 2 nitrogen and oxygen atoms in total. The largest absolute Gasteiger partial charge is 0.271 e. The first kappa shape index (κ1) is 14.1. The van der Waals surface area contributed by atoms with Gasteiger partial charge in [-0.15, -0.1) is 11.3 Å². The summed E-state index contributed by atoms with van der Waals surface area (Å²) >= 11 is 1.52. The van der Waals surface area contributed by atoms with E-state index in [0.29, 0.717) is 0 Å². The van der Waals surface area contributed by atoms with E-state index in [1.807, 2.05) is 13.0 Å². The van der Waals surface area contributed by atoms with Gasteiger partial charge in [-0.1, -0.05) is 6.07 Å². The lowest BCUT2D eigenvalue weighted by Gasteiger charge is -2.17. The van der Waals surface area contributed by atoms with Crippen molar-refractivity contribution < 1.29 is 8.78 Å². The quantitative estimate of drug-likeness (QED) is 0.566. The molecule has 0 saturated heterocycles. The summed E-state index contributed by atoms with van der Waals surface area (Å²) in [6.45, 7) is 1.91. The smallest absolute Gasteiger partial charge is 0.123 e. The molecule has 3 aromatic rings. The fourth-order valence-electron chi connectivity index (χ4n) is 2.42. The number of aryl methyl sites for hydroxylation is 1. The summed E-state index contributed by atoms with van der Waals surface area (Å²) in [5.74, 6) is 5.09. The molecule has 1 heterocycles. The summed E-state index contributed by atoms with van der Waals surface area (Å²) < 4.78 is 27.8. The Bertz CT molecular complexity index is 798. The minimum Gasteiger partial charge on any atom is -0.271 e. The second-order valence-electron chi connectivity index (χ2n) is 4.93. The molecule has 0 aliphatic rings. The van der Waals surface area contributed by atoms with Crippen molar-refractivity contribution in [1.29, 1.82) is 0 Å². The van der Waals surface area contributed by atoms with Crippen LogP contribution in [0.5, 0.6) is 0 Å². The Morgan fingerprint density at radius 3 is 2.52 bits per heavy atom. The zero-order chi connectivity index (χ0) is 15.0. The van der Waals surface area contributed by atoms with E-state index in [2.05, 4.69) is 5.43 Å². The van der Waals surface area contributed by atoms with Gasteiger partial charge in [0.25, 0.3) is 0 Å². The van der Waals surface area contributed by atoms with Crippen molar-refractivity contribution in [3.8, 4) is 0 Å². The highest BCUT2D eigenvalue weighted by Gasteiger charge is 2.18. The highest BCUT2D eigenvalue weighted by atomic mass is 32.1. The SMILES string of the molecule is Cc1ccc(F)cc1C(NN)c1cc2cc(F)ccc2s1. The number of nitrogens with one attached hydrogen (secondary N) is 1. The second-order valence-corrected chi connectivity index (χ2v) is 6.05. The predicted octanol–water partition coefficient (Wildman–Crippen LogP) is 4.04. The average Bonchev–Trinajstić information content (AvgIpc) is 2.86. The molecule has 5 heteroatoms. The van der Waals surface area contributed by atoms with Crippen molar-refractivity contribution >= 4 is 21.4 Å². The van der Waals surface area contributed by atoms with Crippen LogP contribution in [0.15, 0.2) is 42.5 Å². The summed E-state index contributed by atoms with van der Waals surface area (Å²) in [5.41, 5.74) is 4.46. The molecule has 3 N–H and O–H groups in total. The highest BCUT2D eigenvalue weighted by Crippen LogP contribution is 2.34. The van der Waals surface area contributed by atoms with Crippen molar-refractivity contribution in [3.63, 3.8) is 0 Å². The average molecular weight is 304 g/mol. The molecular weight excluding hydrogens is 290 g/mol. The standard InChI is InChI=1S/C16H14F2N2S/c1-9-2-3-12(18)8-13(9)16(20-19)15-7-10-6-11(17)4-5-14(10)21-15/h2-8,16,20H,19H2,1H3. The van der Waals surface area contributed by atoms with Crippen molar-refractivity contribution in [1.82, 2.24) is 5.43 Å². The molecule has 1 aromatic heterocycles. The van der Waals surface area contributed by atoms with Crippen molar-refractivity contribution in [2.24, 2.45) is 5.84 Å². The van der Waals surface area contributed by atoms with Crippen LogP contribution < -0.4 is 11.3 Å². The number of halogens is 2. The summed E-state index contributed by atoms with van der Waals surface area (Å²) in [4.78, 5) is 0.923. The van der Waals surface area contributed by atoms with Crippen molar-refractivity contribution in [2.75, 3.05) is 0 Å². The van der Waals surface area contributed by atoms with Crippen LogP contribution in [-0.2, 0) is 0 Å². The maximum atomic E-state index is 13.5. The molecule has 108 valence electrons. The Morgan fingerprint density at radius 1 is 1.05 bits per heavy atom. The fraction of sp³-hybridized carbons (Fsp3) is 0.125. The number of fused-ring (bicyclic) bond motifs is 1. The van der Waals surface area contributed by atoms with Crippen LogP contribution in [0, 0.1) is 18.6 Å². The molecule has 0 spiro atoms. The third-order valence-electron chi connectivity index (χ3n) is 3.50. The summed E-state index contributed by atoms with van der Waals surface area (Å²) in [5, 5.41) is 0.823. The third kappa shape index (κ3) is 2.68. The Hall–Kier alpha value is -1.82. The van der Waals surface area contributed by atoms with Crippen molar-refractivity contribution in [2.45, 2.75) is 13.0 Å². The lowest BCUT2D eigenvalue weighted by atomic mass is 10.00. The molecule has 0 aliphatic carbocycles. The molecule has 1 atom stereocenters. The zero-order valence-corrected chi connectivity index (χ0v) is 12.2.